The number of hydrogen-bond acceptors (Lipinski definition) is 9. The van der Waals surface area contributed by atoms with Crippen molar-refractivity contribution in [1.82, 2.24) is 20.0 Å². The fourth-order valence-corrected chi connectivity index (χ4v) is 5.55. The SMILES string of the molecule is Cc1cccc(C)c1NC(=O)c1cnc(Nc2ccc(OCCCN3CCCCC3)c(F)c2)nc1Oc1ccccc1-c1ccno1. The lowest BCUT2D eigenvalue weighted by atomic mass is 10.1. The highest BCUT2D eigenvalue weighted by atomic mass is 19.1. The largest absolute Gasteiger partial charge is 0.490 e. The Hall–Kier alpha value is -5.29. The van der Waals surface area contributed by atoms with E-state index in [-0.39, 0.29) is 23.1 Å². The summed E-state index contributed by atoms with van der Waals surface area (Å²) in [6.45, 7) is 7.46. The van der Waals surface area contributed by atoms with E-state index in [1.165, 1.54) is 37.7 Å². The van der Waals surface area contributed by atoms with Gasteiger partial charge in [0.25, 0.3) is 5.91 Å². The van der Waals surface area contributed by atoms with Crippen LogP contribution in [0.15, 0.2) is 83.6 Å². The Balaban J connectivity index is 1.21. The Labute approximate surface area is 272 Å². The number of nitrogens with one attached hydrogen (secondary N) is 2. The molecule has 11 heteroatoms. The molecule has 2 N–H and O–H groups in total. The van der Waals surface area contributed by atoms with Crippen LogP contribution in [0.4, 0.5) is 21.7 Å². The smallest absolute Gasteiger partial charge is 0.262 e. The first kappa shape index (κ1) is 31.7. The van der Waals surface area contributed by atoms with Gasteiger partial charge in [-0.3, -0.25) is 4.79 Å². The molecule has 0 unspecified atom stereocenters. The van der Waals surface area contributed by atoms with Gasteiger partial charge in [-0.15, -0.1) is 0 Å². The van der Waals surface area contributed by atoms with Crippen molar-refractivity contribution in [3.05, 3.63) is 102 Å². The number of ether oxygens (including phenoxy) is 2. The molecule has 0 radical (unpaired) electrons. The number of rotatable bonds is 12. The third-order valence-electron chi connectivity index (χ3n) is 8.03. The number of hydrogen-bond donors (Lipinski definition) is 2. The predicted molar refractivity (Wildman–Crippen MR) is 178 cm³/mol. The van der Waals surface area contributed by atoms with Gasteiger partial charge in [-0.25, -0.2) is 9.37 Å². The molecular formula is C36H37FN6O4. The summed E-state index contributed by atoms with van der Waals surface area (Å²) in [7, 11) is 0. The van der Waals surface area contributed by atoms with Gasteiger partial charge in [-0.05, 0) is 81.6 Å². The second kappa shape index (κ2) is 14.9. The lowest BCUT2D eigenvalue weighted by Gasteiger charge is -2.26. The van der Waals surface area contributed by atoms with E-state index in [0.717, 1.165) is 37.2 Å². The molecule has 0 aliphatic carbocycles. The average molecular weight is 637 g/mol. The van der Waals surface area contributed by atoms with Crippen molar-refractivity contribution in [1.29, 1.82) is 0 Å². The summed E-state index contributed by atoms with van der Waals surface area (Å²) in [5.74, 6) is 0.204. The van der Waals surface area contributed by atoms with Gasteiger partial charge < -0.3 is 29.5 Å². The highest BCUT2D eigenvalue weighted by Crippen LogP contribution is 2.35. The van der Waals surface area contributed by atoms with Crippen LogP contribution < -0.4 is 20.1 Å². The number of halogens is 1. The Kier molecular flexibility index (Phi) is 10.0. The van der Waals surface area contributed by atoms with E-state index in [0.29, 0.717) is 35.1 Å². The quantitative estimate of drug-likeness (QED) is 0.132. The molecule has 1 saturated heterocycles. The molecule has 10 nitrogen and oxygen atoms in total. The van der Waals surface area contributed by atoms with E-state index >= 15 is 4.39 Å². The molecule has 1 aliphatic heterocycles. The second-order valence-corrected chi connectivity index (χ2v) is 11.5. The first-order chi connectivity index (χ1) is 22.9. The van der Waals surface area contributed by atoms with Crippen molar-refractivity contribution in [2.75, 3.05) is 36.9 Å². The van der Waals surface area contributed by atoms with Crippen LogP contribution in [-0.2, 0) is 0 Å². The number of carbonyl (C=O) groups is 1. The van der Waals surface area contributed by atoms with E-state index in [9.17, 15) is 4.79 Å². The average Bonchev–Trinajstić information content (AvgIpc) is 3.62. The minimum atomic E-state index is -0.505. The molecule has 0 bridgehead atoms. The number of carbonyl (C=O) groups excluding carboxylic acids is 1. The molecule has 6 rings (SSSR count). The van der Waals surface area contributed by atoms with Crippen molar-refractivity contribution in [3.63, 3.8) is 0 Å². The summed E-state index contributed by atoms with van der Waals surface area (Å²) < 4.78 is 32.4. The number of nitrogens with zero attached hydrogens (tertiary/aromatic N) is 4. The number of para-hydroxylation sites is 2. The van der Waals surface area contributed by atoms with Crippen LogP contribution in [-0.4, -0.2) is 52.2 Å². The van der Waals surface area contributed by atoms with Crippen LogP contribution in [0.1, 0.15) is 47.2 Å². The normalized spacial score (nSPS) is 13.3. The summed E-state index contributed by atoms with van der Waals surface area (Å²) in [5, 5.41) is 9.79. The van der Waals surface area contributed by atoms with Gasteiger partial charge in [-0.1, -0.05) is 41.9 Å². The first-order valence-electron chi connectivity index (χ1n) is 15.8. The molecule has 0 atom stereocenters. The topological polar surface area (TPSA) is 115 Å². The molecule has 1 fully saturated rings. The zero-order chi connectivity index (χ0) is 32.6. The van der Waals surface area contributed by atoms with E-state index in [2.05, 4.69) is 30.7 Å². The number of aryl methyl sites for hydroxylation is 2. The maximum atomic E-state index is 15.0. The van der Waals surface area contributed by atoms with Gasteiger partial charge in [0.2, 0.25) is 11.8 Å². The summed E-state index contributed by atoms with van der Waals surface area (Å²) in [4.78, 5) is 24.9. The highest BCUT2D eigenvalue weighted by molar-refractivity contribution is 6.06. The van der Waals surface area contributed by atoms with Crippen LogP contribution >= 0.6 is 0 Å². The van der Waals surface area contributed by atoms with Crippen molar-refractivity contribution in [2.24, 2.45) is 0 Å². The van der Waals surface area contributed by atoms with Crippen molar-refractivity contribution in [3.8, 4) is 28.7 Å². The first-order valence-corrected chi connectivity index (χ1v) is 15.8. The third kappa shape index (κ3) is 7.93. The van der Waals surface area contributed by atoms with Crippen LogP contribution in [0.2, 0.25) is 0 Å². The standard InChI is InChI=1S/C36H37FN6O4/c1-24-10-8-11-25(2)33(24)41-34(44)28-23-38-36(42-35(28)46-30-13-5-4-12-27(30)31-16-17-39-47-31)40-26-14-15-32(29(37)22-26)45-21-9-20-43-18-6-3-7-19-43/h4-5,8,10-17,22-23H,3,6-7,9,18-21H2,1-2H3,(H,41,44)(H,38,40,42). The van der Waals surface area contributed by atoms with Gasteiger partial charge in [0, 0.05) is 36.2 Å². The molecular weight excluding hydrogens is 599 g/mol. The van der Waals surface area contributed by atoms with E-state index < -0.39 is 11.7 Å². The van der Waals surface area contributed by atoms with Gasteiger partial charge in [0.15, 0.2) is 17.3 Å². The van der Waals surface area contributed by atoms with Crippen molar-refractivity contribution < 1.29 is 23.2 Å². The Morgan fingerprint density at radius 3 is 2.55 bits per heavy atom. The fraction of sp³-hybridized carbons (Fsp3) is 0.278. The molecule has 2 aromatic heterocycles. The van der Waals surface area contributed by atoms with Gasteiger partial charge >= 0.3 is 0 Å². The molecule has 0 spiro atoms. The second-order valence-electron chi connectivity index (χ2n) is 11.5. The summed E-state index contributed by atoms with van der Waals surface area (Å²) >= 11 is 0. The van der Waals surface area contributed by atoms with Crippen molar-refractivity contribution in [2.45, 2.75) is 39.5 Å². The van der Waals surface area contributed by atoms with Crippen LogP contribution in [0.25, 0.3) is 11.3 Å². The zero-order valence-electron chi connectivity index (χ0n) is 26.5. The van der Waals surface area contributed by atoms with Gasteiger partial charge in [0.05, 0.1) is 18.4 Å². The number of amides is 1. The fourth-order valence-electron chi connectivity index (χ4n) is 5.55. The molecule has 242 valence electrons. The Bertz CT molecular complexity index is 1800. The van der Waals surface area contributed by atoms with Gasteiger partial charge in [-0.2, -0.15) is 4.98 Å². The van der Waals surface area contributed by atoms with E-state index in [1.807, 2.05) is 44.2 Å². The monoisotopic (exact) mass is 636 g/mol. The summed E-state index contributed by atoms with van der Waals surface area (Å²) in [6.07, 6.45) is 7.51. The van der Waals surface area contributed by atoms with Crippen LogP contribution in [0.3, 0.4) is 0 Å². The molecule has 3 aromatic carbocycles. The van der Waals surface area contributed by atoms with E-state index in [1.54, 1.807) is 30.3 Å². The number of anilines is 3. The van der Waals surface area contributed by atoms with Crippen LogP contribution in [0.5, 0.6) is 17.4 Å². The molecule has 5 aromatic rings. The number of likely N-dealkylation sites (tertiary alicyclic amines) is 1. The maximum absolute atomic E-state index is 15.0. The minimum absolute atomic E-state index is 0.00710. The number of aromatic nitrogens is 3. The Morgan fingerprint density at radius 2 is 1.79 bits per heavy atom. The van der Waals surface area contributed by atoms with Crippen molar-refractivity contribution >= 4 is 23.2 Å². The number of piperidine rings is 1. The predicted octanol–water partition coefficient (Wildman–Crippen LogP) is 7.93. The van der Waals surface area contributed by atoms with E-state index in [4.69, 9.17) is 14.0 Å². The zero-order valence-corrected chi connectivity index (χ0v) is 26.5. The Morgan fingerprint density at radius 1 is 0.979 bits per heavy atom. The summed E-state index contributed by atoms with van der Waals surface area (Å²) in [6, 6.07) is 19.2. The lowest BCUT2D eigenvalue weighted by molar-refractivity contribution is 0.102. The maximum Gasteiger partial charge on any atom is 0.262 e. The molecule has 3 heterocycles. The lowest BCUT2D eigenvalue weighted by Crippen LogP contribution is -2.31. The molecule has 1 aliphatic rings. The minimum Gasteiger partial charge on any atom is -0.490 e. The molecule has 47 heavy (non-hydrogen) atoms. The highest BCUT2D eigenvalue weighted by Gasteiger charge is 2.21. The van der Waals surface area contributed by atoms with Crippen LogP contribution in [0, 0.1) is 19.7 Å². The molecule has 0 saturated carbocycles. The third-order valence-corrected chi connectivity index (χ3v) is 8.03. The number of benzene rings is 3. The molecule has 1 amide bonds. The summed E-state index contributed by atoms with van der Waals surface area (Å²) in [5.41, 5.74) is 3.64. The van der Waals surface area contributed by atoms with Gasteiger partial charge in [0.1, 0.15) is 11.3 Å².